The molecule has 2 aliphatic rings. The Hall–Kier alpha value is -1.42. The van der Waals surface area contributed by atoms with Crippen molar-refractivity contribution in [2.75, 3.05) is 26.2 Å². The van der Waals surface area contributed by atoms with E-state index in [0.717, 1.165) is 64.0 Å². The summed E-state index contributed by atoms with van der Waals surface area (Å²) in [5, 5.41) is 0. The number of carbonyl (C=O) groups excluding carboxylic acids is 1. The lowest BCUT2D eigenvalue weighted by Crippen LogP contribution is -2.44. The molecule has 1 atom stereocenters. The molecule has 23 heavy (non-hydrogen) atoms. The van der Waals surface area contributed by atoms with Gasteiger partial charge in [0, 0.05) is 26.2 Å². The summed E-state index contributed by atoms with van der Waals surface area (Å²) in [6.45, 7) is 4.55. The topological polar surface area (TPSA) is 23.6 Å². The molecular weight excluding hydrogens is 291 g/mol. The third-order valence-electron chi connectivity index (χ3n) is 5.09. The Balaban J connectivity index is 1.56. The largest absolute Gasteiger partial charge is 0.342 e. The molecule has 0 aromatic heterocycles. The van der Waals surface area contributed by atoms with Gasteiger partial charge in [0.25, 0.3) is 0 Å². The van der Waals surface area contributed by atoms with Gasteiger partial charge in [0.15, 0.2) is 0 Å². The molecule has 1 aromatic carbocycles. The number of halogens is 1. The molecule has 0 N–H and O–H groups in total. The van der Waals surface area contributed by atoms with Gasteiger partial charge in [0.05, 0.1) is 5.92 Å². The van der Waals surface area contributed by atoms with Crippen molar-refractivity contribution >= 4 is 5.91 Å². The second-order valence-corrected chi connectivity index (χ2v) is 6.94. The Kier molecular flexibility index (Phi) is 5.65. The molecular formula is C19H27FN2O. The van der Waals surface area contributed by atoms with E-state index < -0.39 is 0 Å². The van der Waals surface area contributed by atoms with E-state index in [4.69, 9.17) is 0 Å². The van der Waals surface area contributed by atoms with Gasteiger partial charge in [0.2, 0.25) is 5.91 Å². The fraction of sp³-hybridized carbons (Fsp3) is 0.632. The zero-order chi connectivity index (χ0) is 16.1. The van der Waals surface area contributed by atoms with Gasteiger partial charge in [-0.05, 0) is 49.9 Å². The SMILES string of the molecule is O=C(C1CCCN(Cc2ccc(F)cc2)C1)N1CCCCCC1. The van der Waals surface area contributed by atoms with Crippen molar-refractivity contribution in [2.45, 2.75) is 45.1 Å². The summed E-state index contributed by atoms with van der Waals surface area (Å²) in [6.07, 6.45) is 6.90. The van der Waals surface area contributed by atoms with E-state index in [1.807, 2.05) is 12.1 Å². The van der Waals surface area contributed by atoms with Crippen molar-refractivity contribution in [3.63, 3.8) is 0 Å². The Morgan fingerprint density at radius 3 is 2.39 bits per heavy atom. The first-order valence-electron chi connectivity index (χ1n) is 8.98. The Morgan fingerprint density at radius 1 is 1.00 bits per heavy atom. The fourth-order valence-electron chi connectivity index (χ4n) is 3.80. The van der Waals surface area contributed by atoms with Crippen molar-refractivity contribution in [1.82, 2.24) is 9.80 Å². The number of hydrogen-bond acceptors (Lipinski definition) is 2. The number of benzene rings is 1. The molecule has 3 rings (SSSR count). The van der Waals surface area contributed by atoms with Crippen LogP contribution >= 0.6 is 0 Å². The van der Waals surface area contributed by atoms with E-state index in [1.165, 1.54) is 25.0 Å². The van der Waals surface area contributed by atoms with Crippen molar-refractivity contribution in [3.05, 3.63) is 35.6 Å². The highest BCUT2D eigenvalue weighted by atomic mass is 19.1. The first-order valence-corrected chi connectivity index (χ1v) is 8.98. The number of carbonyl (C=O) groups is 1. The minimum absolute atomic E-state index is 0.141. The van der Waals surface area contributed by atoms with Crippen LogP contribution in [0.1, 0.15) is 44.1 Å². The monoisotopic (exact) mass is 318 g/mol. The number of piperidine rings is 1. The minimum Gasteiger partial charge on any atom is -0.342 e. The highest BCUT2D eigenvalue weighted by Crippen LogP contribution is 2.22. The average molecular weight is 318 g/mol. The summed E-state index contributed by atoms with van der Waals surface area (Å²) in [7, 11) is 0. The summed E-state index contributed by atoms with van der Waals surface area (Å²) in [5.41, 5.74) is 1.12. The highest BCUT2D eigenvalue weighted by molar-refractivity contribution is 5.79. The van der Waals surface area contributed by atoms with E-state index in [-0.39, 0.29) is 11.7 Å². The number of amides is 1. The molecule has 4 heteroatoms. The standard InChI is InChI=1S/C19H27FN2O/c20-18-9-7-16(8-10-18)14-21-11-5-6-17(15-21)19(23)22-12-3-1-2-4-13-22/h7-10,17H,1-6,11-15H2. The molecule has 1 unspecified atom stereocenters. The first-order chi connectivity index (χ1) is 11.2. The Labute approximate surface area is 138 Å². The highest BCUT2D eigenvalue weighted by Gasteiger charge is 2.29. The first kappa shape index (κ1) is 16.4. The molecule has 0 bridgehead atoms. The lowest BCUT2D eigenvalue weighted by atomic mass is 9.96. The summed E-state index contributed by atoms with van der Waals surface area (Å²) in [5.74, 6) is 0.305. The van der Waals surface area contributed by atoms with E-state index in [1.54, 1.807) is 0 Å². The molecule has 2 fully saturated rings. The van der Waals surface area contributed by atoms with Crippen LogP contribution in [-0.2, 0) is 11.3 Å². The van der Waals surface area contributed by atoms with Crippen LogP contribution in [0.25, 0.3) is 0 Å². The van der Waals surface area contributed by atoms with Crippen LogP contribution in [0.5, 0.6) is 0 Å². The number of hydrogen-bond donors (Lipinski definition) is 0. The second kappa shape index (κ2) is 7.91. The maximum atomic E-state index is 13.0. The van der Waals surface area contributed by atoms with Crippen LogP contribution in [-0.4, -0.2) is 41.9 Å². The predicted octanol–water partition coefficient (Wildman–Crippen LogP) is 3.44. The third kappa shape index (κ3) is 4.54. The summed E-state index contributed by atoms with van der Waals surface area (Å²) < 4.78 is 13.0. The molecule has 126 valence electrons. The van der Waals surface area contributed by atoms with Gasteiger partial charge in [-0.25, -0.2) is 4.39 Å². The van der Waals surface area contributed by atoms with Crippen molar-refractivity contribution in [1.29, 1.82) is 0 Å². The fourth-order valence-corrected chi connectivity index (χ4v) is 3.80. The quantitative estimate of drug-likeness (QED) is 0.852. The number of nitrogens with zero attached hydrogens (tertiary/aromatic N) is 2. The van der Waals surface area contributed by atoms with Crippen LogP contribution in [0.4, 0.5) is 4.39 Å². The Bertz CT molecular complexity index is 509. The molecule has 0 radical (unpaired) electrons. The zero-order valence-corrected chi connectivity index (χ0v) is 13.8. The smallest absolute Gasteiger partial charge is 0.226 e. The van der Waals surface area contributed by atoms with Crippen LogP contribution in [0.3, 0.4) is 0 Å². The summed E-state index contributed by atoms with van der Waals surface area (Å²) >= 11 is 0. The van der Waals surface area contributed by atoms with Crippen molar-refractivity contribution in [2.24, 2.45) is 5.92 Å². The molecule has 1 aromatic rings. The molecule has 2 heterocycles. The molecule has 1 amide bonds. The molecule has 2 saturated heterocycles. The second-order valence-electron chi connectivity index (χ2n) is 6.94. The van der Waals surface area contributed by atoms with Gasteiger partial charge < -0.3 is 4.90 Å². The predicted molar refractivity (Wildman–Crippen MR) is 89.4 cm³/mol. The third-order valence-corrected chi connectivity index (χ3v) is 5.09. The Morgan fingerprint density at radius 2 is 1.70 bits per heavy atom. The van der Waals surface area contributed by atoms with Crippen LogP contribution < -0.4 is 0 Å². The van der Waals surface area contributed by atoms with E-state index in [2.05, 4.69) is 9.80 Å². The number of likely N-dealkylation sites (tertiary alicyclic amines) is 2. The van der Waals surface area contributed by atoms with Gasteiger partial charge in [-0.15, -0.1) is 0 Å². The molecule has 0 aliphatic carbocycles. The van der Waals surface area contributed by atoms with Gasteiger partial charge >= 0.3 is 0 Å². The van der Waals surface area contributed by atoms with Crippen molar-refractivity contribution in [3.8, 4) is 0 Å². The summed E-state index contributed by atoms with van der Waals surface area (Å²) in [4.78, 5) is 17.2. The van der Waals surface area contributed by atoms with Crippen LogP contribution in [0.2, 0.25) is 0 Å². The van der Waals surface area contributed by atoms with E-state index in [0.29, 0.717) is 5.91 Å². The van der Waals surface area contributed by atoms with Gasteiger partial charge in [0.1, 0.15) is 5.82 Å². The van der Waals surface area contributed by atoms with Crippen LogP contribution in [0, 0.1) is 11.7 Å². The molecule has 3 nitrogen and oxygen atoms in total. The van der Waals surface area contributed by atoms with Gasteiger partial charge in [-0.3, -0.25) is 9.69 Å². The molecule has 0 spiro atoms. The molecule has 0 saturated carbocycles. The van der Waals surface area contributed by atoms with Crippen LogP contribution in [0.15, 0.2) is 24.3 Å². The normalized spacial score (nSPS) is 23.5. The lowest BCUT2D eigenvalue weighted by molar-refractivity contribution is -0.137. The lowest BCUT2D eigenvalue weighted by Gasteiger charge is -2.34. The maximum Gasteiger partial charge on any atom is 0.226 e. The van der Waals surface area contributed by atoms with Gasteiger partial charge in [-0.2, -0.15) is 0 Å². The van der Waals surface area contributed by atoms with E-state index in [9.17, 15) is 9.18 Å². The zero-order valence-electron chi connectivity index (χ0n) is 13.8. The van der Waals surface area contributed by atoms with Gasteiger partial charge in [-0.1, -0.05) is 25.0 Å². The van der Waals surface area contributed by atoms with Crippen molar-refractivity contribution < 1.29 is 9.18 Å². The number of rotatable bonds is 3. The average Bonchev–Trinajstić information content (AvgIpc) is 2.86. The molecule has 2 aliphatic heterocycles. The summed E-state index contributed by atoms with van der Waals surface area (Å²) in [6, 6.07) is 6.71. The minimum atomic E-state index is -0.193. The maximum absolute atomic E-state index is 13.0. The van der Waals surface area contributed by atoms with E-state index >= 15 is 0 Å².